The second kappa shape index (κ2) is 12.8. The fourth-order valence-corrected chi connectivity index (χ4v) is 5.47. The predicted octanol–water partition coefficient (Wildman–Crippen LogP) is 4.63. The second-order valence-corrected chi connectivity index (χ2v) is 12.0. The summed E-state index contributed by atoms with van der Waals surface area (Å²) >= 11 is 12.1. The van der Waals surface area contributed by atoms with Crippen LogP contribution in [0.3, 0.4) is 0 Å². The molecule has 1 atom stereocenters. The van der Waals surface area contributed by atoms with Crippen molar-refractivity contribution < 1.29 is 22.7 Å². The number of rotatable bonds is 10. The van der Waals surface area contributed by atoms with Crippen molar-refractivity contribution in [2.75, 3.05) is 24.2 Å². The van der Waals surface area contributed by atoms with E-state index in [9.17, 15) is 18.0 Å². The van der Waals surface area contributed by atoms with Crippen molar-refractivity contribution in [3.8, 4) is 5.75 Å². The van der Waals surface area contributed by atoms with Crippen LogP contribution in [0.1, 0.15) is 44.6 Å². The monoisotopic (exact) mass is 569 g/mol. The van der Waals surface area contributed by atoms with Crippen molar-refractivity contribution in [1.82, 2.24) is 10.2 Å². The van der Waals surface area contributed by atoms with Crippen molar-refractivity contribution in [1.29, 1.82) is 0 Å². The average Bonchev–Trinajstić information content (AvgIpc) is 2.87. The molecular weight excluding hydrogens is 537 g/mol. The van der Waals surface area contributed by atoms with E-state index >= 15 is 0 Å². The molecule has 0 spiro atoms. The molecular formula is C26H33Cl2N3O5S. The molecule has 0 radical (unpaired) electrons. The largest absolute Gasteiger partial charge is 0.497 e. The van der Waals surface area contributed by atoms with Crippen LogP contribution in [0, 0.1) is 0 Å². The second-order valence-electron chi connectivity index (χ2n) is 9.26. The summed E-state index contributed by atoms with van der Waals surface area (Å²) in [6, 6.07) is 10.7. The number of hydrogen-bond acceptors (Lipinski definition) is 5. The van der Waals surface area contributed by atoms with Gasteiger partial charge in [-0.25, -0.2) is 8.42 Å². The van der Waals surface area contributed by atoms with Gasteiger partial charge in [0.1, 0.15) is 18.3 Å². The van der Waals surface area contributed by atoms with Gasteiger partial charge in [0, 0.05) is 12.6 Å². The van der Waals surface area contributed by atoms with Gasteiger partial charge in [0.2, 0.25) is 21.8 Å². The zero-order chi connectivity index (χ0) is 27.2. The van der Waals surface area contributed by atoms with Crippen LogP contribution in [0.4, 0.5) is 5.69 Å². The van der Waals surface area contributed by atoms with Crippen molar-refractivity contribution in [3.05, 3.63) is 58.1 Å². The zero-order valence-electron chi connectivity index (χ0n) is 21.2. The molecule has 37 heavy (non-hydrogen) atoms. The Morgan fingerprint density at radius 3 is 2.27 bits per heavy atom. The first kappa shape index (κ1) is 29.1. The highest BCUT2D eigenvalue weighted by Crippen LogP contribution is 2.29. The quantitative estimate of drug-likeness (QED) is 0.449. The molecule has 11 heteroatoms. The number of amides is 2. The summed E-state index contributed by atoms with van der Waals surface area (Å²) in [7, 11) is -2.30. The number of nitrogens with zero attached hydrogens (tertiary/aromatic N) is 2. The van der Waals surface area contributed by atoms with Crippen LogP contribution < -0.4 is 14.4 Å². The number of benzene rings is 2. The summed E-state index contributed by atoms with van der Waals surface area (Å²) in [5.41, 5.74) is 0.973. The number of methoxy groups -OCH3 is 1. The van der Waals surface area contributed by atoms with E-state index in [1.165, 1.54) is 23.1 Å². The van der Waals surface area contributed by atoms with E-state index in [1.807, 2.05) is 0 Å². The lowest BCUT2D eigenvalue weighted by Crippen LogP contribution is -2.52. The Morgan fingerprint density at radius 1 is 1.05 bits per heavy atom. The van der Waals surface area contributed by atoms with Gasteiger partial charge in [0.25, 0.3) is 0 Å². The molecule has 1 aliphatic rings. The maximum absolute atomic E-state index is 13.6. The average molecular weight is 571 g/mol. The summed E-state index contributed by atoms with van der Waals surface area (Å²) in [6.07, 6.45) is 6.09. The van der Waals surface area contributed by atoms with E-state index in [-0.39, 0.29) is 34.2 Å². The Bertz CT molecular complexity index is 1200. The molecule has 0 saturated heterocycles. The van der Waals surface area contributed by atoms with Gasteiger partial charge in [-0.1, -0.05) is 54.6 Å². The molecule has 2 aromatic carbocycles. The first-order valence-electron chi connectivity index (χ1n) is 12.1. The highest BCUT2D eigenvalue weighted by atomic mass is 35.5. The minimum absolute atomic E-state index is 0.0744. The van der Waals surface area contributed by atoms with Gasteiger partial charge in [-0.3, -0.25) is 13.9 Å². The highest BCUT2D eigenvalue weighted by molar-refractivity contribution is 7.92. The minimum Gasteiger partial charge on any atom is -0.497 e. The normalized spacial score (nSPS) is 15.1. The number of halogens is 2. The summed E-state index contributed by atoms with van der Waals surface area (Å²) in [5.74, 6) is -0.139. The molecule has 1 saturated carbocycles. The lowest BCUT2D eigenvalue weighted by atomic mass is 9.95. The van der Waals surface area contributed by atoms with Crippen molar-refractivity contribution >= 4 is 50.7 Å². The van der Waals surface area contributed by atoms with Crippen molar-refractivity contribution in [3.63, 3.8) is 0 Å². The molecule has 0 unspecified atom stereocenters. The van der Waals surface area contributed by atoms with E-state index in [2.05, 4.69) is 5.32 Å². The summed E-state index contributed by atoms with van der Waals surface area (Å²) in [6.45, 7) is 1.26. The Kier molecular flexibility index (Phi) is 10.1. The van der Waals surface area contributed by atoms with Crippen LogP contribution in [0.2, 0.25) is 10.0 Å². The zero-order valence-corrected chi connectivity index (χ0v) is 23.6. The van der Waals surface area contributed by atoms with Gasteiger partial charge in [0.05, 0.1) is 29.1 Å². The molecule has 1 aliphatic carbocycles. The molecule has 0 heterocycles. The Morgan fingerprint density at radius 2 is 1.70 bits per heavy atom. The topological polar surface area (TPSA) is 96.0 Å². The van der Waals surface area contributed by atoms with Crippen molar-refractivity contribution in [2.45, 2.75) is 57.7 Å². The maximum Gasteiger partial charge on any atom is 0.244 e. The maximum atomic E-state index is 13.6. The summed E-state index contributed by atoms with van der Waals surface area (Å²) < 4.78 is 31.5. The minimum atomic E-state index is -3.86. The first-order valence-corrected chi connectivity index (χ1v) is 14.8. The van der Waals surface area contributed by atoms with Gasteiger partial charge in [-0.05, 0) is 55.7 Å². The first-order chi connectivity index (χ1) is 17.5. The third-order valence-electron chi connectivity index (χ3n) is 6.50. The van der Waals surface area contributed by atoms with Crippen LogP contribution >= 0.6 is 23.2 Å². The number of nitrogens with one attached hydrogen (secondary N) is 1. The Hall–Kier alpha value is -2.49. The number of ether oxygens (including phenoxy) is 1. The number of sulfonamides is 1. The van der Waals surface area contributed by atoms with Gasteiger partial charge in [-0.2, -0.15) is 0 Å². The smallest absolute Gasteiger partial charge is 0.244 e. The van der Waals surface area contributed by atoms with Crippen LogP contribution in [0.15, 0.2) is 42.5 Å². The molecule has 8 nitrogen and oxygen atoms in total. The summed E-state index contributed by atoms with van der Waals surface area (Å²) in [4.78, 5) is 28.2. The number of carbonyl (C=O) groups is 2. The van der Waals surface area contributed by atoms with Crippen molar-refractivity contribution in [2.24, 2.45) is 0 Å². The number of hydrogen-bond donors (Lipinski definition) is 1. The molecule has 1 fully saturated rings. The fraction of sp³-hybridized carbons (Fsp3) is 0.462. The van der Waals surface area contributed by atoms with Crippen LogP contribution in [-0.4, -0.2) is 57.1 Å². The van der Waals surface area contributed by atoms with E-state index in [1.54, 1.807) is 38.3 Å². The molecule has 3 rings (SSSR count). The summed E-state index contributed by atoms with van der Waals surface area (Å²) in [5, 5.41) is 3.50. The number of carbonyl (C=O) groups excluding carboxylic acids is 2. The van der Waals surface area contributed by atoms with Gasteiger partial charge in [0.15, 0.2) is 0 Å². The standard InChI is InChI=1S/C26H33Cl2N3O5S/c1-18(26(33)29-20-7-5-4-6-8-20)30(16-19-9-12-22(36-2)13-10-19)25(32)17-31(37(3,34)35)21-11-14-23(27)24(28)15-21/h9-15,18,20H,4-8,16-17H2,1-3H3,(H,29,33)/t18-/m0/s1. The third-order valence-corrected chi connectivity index (χ3v) is 8.38. The molecule has 0 aromatic heterocycles. The number of anilines is 1. The van der Waals surface area contributed by atoms with E-state index < -0.39 is 28.5 Å². The van der Waals surface area contributed by atoms with Crippen LogP contribution in [0.25, 0.3) is 0 Å². The van der Waals surface area contributed by atoms with Gasteiger partial charge in [-0.15, -0.1) is 0 Å². The lowest BCUT2D eigenvalue weighted by Gasteiger charge is -2.33. The van der Waals surface area contributed by atoms with Crippen LogP contribution in [0.5, 0.6) is 5.75 Å². The third kappa shape index (κ3) is 7.99. The molecule has 2 aromatic rings. The Balaban J connectivity index is 1.88. The molecule has 1 N–H and O–H groups in total. The molecule has 0 bridgehead atoms. The van der Waals surface area contributed by atoms with Gasteiger partial charge >= 0.3 is 0 Å². The Labute approximate surface area is 228 Å². The fourth-order valence-electron chi connectivity index (χ4n) is 4.33. The molecule has 202 valence electrons. The highest BCUT2D eigenvalue weighted by Gasteiger charge is 2.31. The predicted molar refractivity (Wildman–Crippen MR) is 147 cm³/mol. The van der Waals surface area contributed by atoms with E-state index in [0.29, 0.717) is 5.75 Å². The van der Waals surface area contributed by atoms with Gasteiger partial charge < -0.3 is 15.0 Å². The van der Waals surface area contributed by atoms with Crippen LogP contribution in [-0.2, 0) is 26.2 Å². The molecule has 2 amide bonds. The molecule has 0 aliphatic heterocycles. The SMILES string of the molecule is COc1ccc(CN(C(=O)CN(c2ccc(Cl)c(Cl)c2)S(C)(=O)=O)[C@@H](C)C(=O)NC2CCCCC2)cc1. The van der Waals surface area contributed by atoms with E-state index in [0.717, 1.165) is 48.2 Å². The lowest BCUT2D eigenvalue weighted by molar-refractivity contribution is -0.139. The van der Waals surface area contributed by atoms with E-state index in [4.69, 9.17) is 27.9 Å².